The largest absolute Gasteiger partial charge is 0.235 e. The first-order valence-corrected chi connectivity index (χ1v) is 7.77. The first-order valence-electron chi connectivity index (χ1n) is 6.08. The molecule has 0 aliphatic carbocycles. The van der Waals surface area contributed by atoms with Crippen LogP contribution in [0.5, 0.6) is 0 Å². The van der Waals surface area contributed by atoms with Crippen molar-refractivity contribution in [2.45, 2.75) is 43.0 Å². The number of thiazole rings is 1. The van der Waals surface area contributed by atoms with Gasteiger partial charge in [-0.25, -0.2) is 4.98 Å². The fraction of sp³-hybridized carbons (Fsp3) is 0.385. The summed E-state index contributed by atoms with van der Waals surface area (Å²) in [5.41, 5.74) is 3.56. The molecular formula is C13H14N4S2. The van der Waals surface area contributed by atoms with Crippen molar-refractivity contribution in [2.24, 2.45) is 0 Å². The van der Waals surface area contributed by atoms with Crippen molar-refractivity contribution in [3.63, 3.8) is 0 Å². The third-order valence-corrected chi connectivity index (χ3v) is 4.74. The van der Waals surface area contributed by atoms with Crippen LogP contribution in [0.4, 0.5) is 0 Å². The van der Waals surface area contributed by atoms with Crippen molar-refractivity contribution in [1.29, 1.82) is 5.26 Å². The van der Waals surface area contributed by atoms with Gasteiger partial charge in [0.2, 0.25) is 0 Å². The maximum Gasteiger partial charge on any atom is 0.156 e. The molecule has 0 amide bonds. The molecule has 2 aromatic rings. The summed E-state index contributed by atoms with van der Waals surface area (Å²) in [6.45, 7) is 6.02. The molecular weight excluding hydrogens is 276 g/mol. The van der Waals surface area contributed by atoms with E-state index in [9.17, 15) is 5.26 Å². The Hall–Kier alpha value is -1.45. The highest BCUT2D eigenvalue weighted by Gasteiger charge is 2.16. The van der Waals surface area contributed by atoms with Crippen LogP contribution in [0, 0.1) is 18.3 Å². The first kappa shape index (κ1) is 14.0. The van der Waals surface area contributed by atoms with Crippen molar-refractivity contribution < 1.29 is 0 Å². The molecule has 2 rings (SSSR count). The fourth-order valence-electron chi connectivity index (χ4n) is 1.80. The van der Waals surface area contributed by atoms with Crippen molar-refractivity contribution in [3.8, 4) is 6.07 Å². The molecule has 0 aliphatic heterocycles. The lowest BCUT2D eigenvalue weighted by Crippen LogP contribution is -2.04. The average Bonchev–Trinajstić information content (AvgIpc) is 2.83. The maximum atomic E-state index is 9.39. The Morgan fingerprint density at radius 1 is 1.32 bits per heavy atom. The Balaban J connectivity index is 2.43. The summed E-state index contributed by atoms with van der Waals surface area (Å²) >= 11 is 2.98. The van der Waals surface area contributed by atoms with E-state index in [-0.39, 0.29) is 0 Å². The minimum atomic E-state index is 0.646. The molecule has 0 atom stereocenters. The van der Waals surface area contributed by atoms with E-state index in [2.05, 4.69) is 21.3 Å². The fourth-order valence-corrected chi connectivity index (χ4v) is 3.61. The molecule has 0 aromatic carbocycles. The van der Waals surface area contributed by atoms with Crippen LogP contribution in [0.1, 0.15) is 36.4 Å². The van der Waals surface area contributed by atoms with Crippen LogP contribution in [0.15, 0.2) is 14.7 Å². The third-order valence-electron chi connectivity index (χ3n) is 2.71. The van der Waals surface area contributed by atoms with E-state index in [0.29, 0.717) is 10.6 Å². The second kappa shape index (κ2) is 6.13. The molecule has 6 heteroatoms. The highest BCUT2D eigenvalue weighted by Crippen LogP contribution is 2.32. The number of nitriles is 1. The summed E-state index contributed by atoms with van der Waals surface area (Å²) in [4.78, 5) is 4.38. The summed E-state index contributed by atoms with van der Waals surface area (Å²) in [6.07, 6.45) is 1.60. The summed E-state index contributed by atoms with van der Waals surface area (Å²) in [7, 11) is 0. The number of aryl methyl sites for hydroxylation is 2. The molecule has 0 saturated carbocycles. The maximum absolute atomic E-state index is 9.39. The Morgan fingerprint density at radius 3 is 2.63 bits per heavy atom. The Morgan fingerprint density at radius 2 is 2.11 bits per heavy atom. The van der Waals surface area contributed by atoms with Gasteiger partial charge in [0, 0.05) is 11.1 Å². The van der Waals surface area contributed by atoms with Gasteiger partial charge in [0.15, 0.2) is 4.34 Å². The molecule has 0 radical (unpaired) electrons. The standard InChI is InChI=1S/C13H14N4S2/c1-4-9-10(6-14)12(17-16-11(9)5-2)19-13-15-8(3)7-18-13/h7H,4-5H2,1-3H3. The van der Waals surface area contributed by atoms with Gasteiger partial charge in [-0.2, -0.15) is 10.4 Å². The average molecular weight is 290 g/mol. The van der Waals surface area contributed by atoms with E-state index < -0.39 is 0 Å². The van der Waals surface area contributed by atoms with E-state index in [1.54, 1.807) is 11.3 Å². The highest BCUT2D eigenvalue weighted by molar-refractivity contribution is 8.01. The number of hydrogen-bond acceptors (Lipinski definition) is 6. The summed E-state index contributed by atoms with van der Waals surface area (Å²) in [5.74, 6) is 0. The smallest absolute Gasteiger partial charge is 0.156 e. The zero-order valence-corrected chi connectivity index (χ0v) is 12.7. The zero-order valence-electron chi connectivity index (χ0n) is 11.1. The molecule has 98 valence electrons. The predicted molar refractivity (Wildman–Crippen MR) is 76.5 cm³/mol. The van der Waals surface area contributed by atoms with Crippen molar-refractivity contribution in [1.82, 2.24) is 15.2 Å². The lowest BCUT2D eigenvalue weighted by atomic mass is 10.1. The molecule has 0 saturated heterocycles. The van der Waals surface area contributed by atoms with Crippen molar-refractivity contribution >= 4 is 23.1 Å². The van der Waals surface area contributed by atoms with E-state index in [1.165, 1.54) is 11.8 Å². The molecule has 0 bridgehead atoms. The van der Waals surface area contributed by atoms with Gasteiger partial charge in [0.1, 0.15) is 11.1 Å². The van der Waals surface area contributed by atoms with Crippen LogP contribution in [0.25, 0.3) is 0 Å². The van der Waals surface area contributed by atoms with Gasteiger partial charge in [-0.1, -0.05) is 13.8 Å². The summed E-state index contributed by atoms with van der Waals surface area (Å²) in [6, 6.07) is 2.27. The topological polar surface area (TPSA) is 62.5 Å². The predicted octanol–water partition coefficient (Wildman–Crippen LogP) is 3.39. The Bertz CT molecular complexity index is 628. The van der Waals surface area contributed by atoms with Crippen LogP contribution in [0.3, 0.4) is 0 Å². The van der Waals surface area contributed by atoms with Gasteiger partial charge in [-0.3, -0.25) is 0 Å². The Kier molecular flexibility index (Phi) is 4.51. The van der Waals surface area contributed by atoms with E-state index >= 15 is 0 Å². The molecule has 2 heterocycles. The number of rotatable bonds is 4. The number of hydrogen-bond donors (Lipinski definition) is 0. The molecule has 0 unspecified atom stereocenters. The van der Waals surface area contributed by atoms with Crippen LogP contribution in [-0.4, -0.2) is 15.2 Å². The molecule has 0 spiro atoms. The molecule has 4 nitrogen and oxygen atoms in total. The SMILES string of the molecule is CCc1nnc(Sc2nc(C)cs2)c(C#N)c1CC. The first-order chi connectivity index (χ1) is 9.19. The van der Waals surface area contributed by atoms with E-state index in [1.807, 2.05) is 26.2 Å². The van der Waals surface area contributed by atoms with Gasteiger partial charge in [-0.15, -0.1) is 16.4 Å². The molecule has 0 fully saturated rings. The van der Waals surface area contributed by atoms with Crippen molar-refractivity contribution in [3.05, 3.63) is 27.9 Å². The van der Waals surface area contributed by atoms with Gasteiger partial charge in [0.05, 0.1) is 11.3 Å². The number of aromatic nitrogens is 3. The van der Waals surface area contributed by atoms with E-state index in [0.717, 1.165) is 34.1 Å². The quantitative estimate of drug-likeness (QED) is 0.863. The van der Waals surface area contributed by atoms with Crippen LogP contribution in [0.2, 0.25) is 0 Å². The van der Waals surface area contributed by atoms with Crippen molar-refractivity contribution in [2.75, 3.05) is 0 Å². The van der Waals surface area contributed by atoms with Gasteiger partial charge in [-0.05, 0) is 37.1 Å². The minimum Gasteiger partial charge on any atom is -0.235 e. The van der Waals surface area contributed by atoms with Crippen LogP contribution in [-0.2, 0) is 12.8 Å². The van der Waals surface area contributed by atoms with Gasteiger partial charge < -0.3 is 0 Å². The second-order valence-electron chi connectivity index (χ2n) is 3.98. The molecule has 19 heavy (non-hydrogen) atoms. The minimum absolute atomic E-state index is 0.646. The van der Waals surface area contributed by atoms with E-state index in [4.69, 9.17) is 0 Å². The highest BCUT2D eigenvalue weighted by atomic mass is 32.2. The zero-order chi connectivity index (χ0) is 13.8. The van der Waals surface area contributed by atoms with Crippen LogP contribution >= 0.6 is 23.1 Å². The third kappa shape index (κ3) is 2.94. The lowest BCUT2D eigenvalue weighted by Gasteiger charge is -2.08. The van der Waals surface area contributed by atoms with Gasteiger partial charge >= 0.3 is 0 Å². The molecule has 0 aliphatic rings. The summed E-state index contributed by atoms with van der Waals surface area (Å²) < 4.78 is 0.898. The molecule has 0 N–H and O–H groups in total. The second-order valence-corrected chi connectivity index (χ2v) is 6.08. The monoisotopic (exact) mass is 290 g/mol. The molecule has 2 aromatic heterocycles. The lowest BCUT2D eigenvalue weighted by molar-refractivity contribution is 0.817. The van der Waals surface area contributed by atoms with Crippen LogP contribution < -0.4 is 0 Å². The Labute approximate surface area is 120 Å². The number of nitrogens with zero attached hydrogens (tertiary/aromatic N) is 4. The normalized spacial score (nSPS) is 10.4. The summed E-state index contributed by atoms with van der Waals surface area (Å²) in [5, 5.41) is 20.5. The van der Waals surface area contributed by atoms with Gasteiger partial charge in [0.25, 0.3) is 0 Å².